The van der Waals surface area contributed by atoms with Crippen LogP contribution in [0.25, 0.3) is 0 Å². The summed E-state index contributed by atoms with van der Waals surface area (Å²) >= 11 is 0. The maximum atomic E-state index is 9.66. The molecule has 0 spiro atoms. The monoisotopic (exact) mass is 358 g/mol. The van der Waals surface area contributed by atoms with Crippen LogP contribution in [0.15, 0.2) is 0 Å². The highest BCUT2D eigenvalue weighted by atomic mass is 28.4. The topological polar surface area (TPSA) is 29.5 Å². The molecule has 0 radical (unpaired) electrons. The van der Waals surface area contributed by atoms with Crippen LogP contribution in [-0.4, -0.2) is 25.6 Å². The molecule has 0 heterocycles. The van der Waals surface area contributed by atoms with Gasteiger partial charge >= 0.3 is 0 Å². The summed E-state index contributed by atoms with van der Waals surface area (Å²) in [5.41, 5.74) is 0. The number of rotatable bonds is 14. The van der Waals surface area contributed by atoms with Gasteiger partial charge in [0.1, 0.15) is 0 Å². The van der Waals surface area contributed by atoms with Gasteiger partial charge in [-0.2, -0.15) is 0 Å². The van der Waals surface area contributed by atoms with Crippen LogP contribution in [0.4, 0.5) is 0 Å². The number of hydrogen-bond acceptors (Lipinski definition) is 2. The lowest BCUT2D eigenvalue weighted by Crippen LogP contribution is -2.44. The summed E-state index contributed by atoms with van der Waals surface area (Å²) < 4.78 is 6.72. The molecule has 0 aliphatic carbocycles. The van der Waals surface area contributed by atoms with Crippen molar-refractivity contribution < 1.29 is 9.53 Å². The zero-order valence-electron chi connectivity index (χ0n) is 17.8. The molecule has 0 aromatic heterocycles. The van der Waals surface area contributed by atoms with E-state index in [9.17, 15) is 5.11 Å². The van der Waals surface area contributed by atoms with Crippen LogP contribution in [-0.2, 0) is 4.43 Å². The van der Waals surface area contributed by atoms with E-state index in [-0.39, 0.29) is 6.10 Å². The van der Waals surface area contributed by atoms with Crippen molar-refractivity contribution in [2.75, 3.05) is 0 Å². The minimum absolute atomic E-state index is 0.0988. The van der Waals surface area contributed by atoms with E-state index < -0.39 is 8.32 Å². The first kappa shape index (κ1) is 24.1. The van der Waals surface area contributed by atoms with Crippen LogP contribution in [0.2, 0.25) is 18.1 Å². The summed E-state index contributed by atoms with van der Waals surface area (Å²) in [6.45, 7) is 16.1. The minimum atomic E-state index is -1.67. The molecule has 0 amide bonds. The van der Waals surface area contributed by atoms with Gasteiger partial charge in [0.15, 0.2) is 8.32 Å². The lowest BCUT2D eigenvalue weighted by atomic mass is 10.0. The van der Waals surface area contributed by atoms with Gasteiger partial charge in [-0.3, -0.25) is 0 Å². The maximum Gasteiger partial charge on any atom is 0.192 e. The second-order valence-corrected chi connectivity index (χ2v) is 13.8. The Morgan fingerprint density at radius 2 is 1.33 bits per heavy atom. The summed E-state index contributed by atoms with van der Waals surface area (Å²) in [6.07, 6.45) is 13.5. The molecule has 0 aliphatic heterocycles. The zero-order chi connectivity index (χ0) is 18.6. The Morgan fingerprint density at radius 3 is 1.79 bits per heavy atom. The van der Waals surface area contributed by atoms with E-state index >= 15 is 0 Å². The van der Waals surface area contributed by atoms with Gasteiger partial charge in [-0.25, -0.2) is 0 Å². The molecule has 0 saturated heterocycles. The highest BCUT2D eigenvalue weighted by Gasteiger charge is 2.38. The summed E-state index contributed by atoms with van der Waals surface area (Å²) in [7, 11) is -1.67. The van der Waals surface area contributed by atoms with Crippen molar-refractivity contribution in [1.82, 2.24) is 0 Å². The fourth-order valence-corrected chi connectivity index (χ4v) is 4.21. The van der Waals surface area contributed by atoms with Crippen LogP contribution in [0.5, 0.6) is 0 Å². The van der Waals surface area contributed by atoms with Crippen LogP contribution in [0, 0.1) is 0 Å². The molecular formula is C21H46O2Si. The predicted molar refractivity (Wildman–Crippen MR) is 110 cm³/mol. The molecule has 0 rings (SSSR count). The predicted octanol–water partition coefficient (Wildman–Crippen LogP) is 7.07. The van der Waals surface area contributed by atoms with Gasteiger partial charge in [0.2, 0.25) is 0 Å². The van der Waals surface area contributed by atoms with Crippen LogP contribution in [0.3, 0.4) is 0 Å². The highest BCUT2D eigenvalue weighted by Crippen LogP contribution is 2.38. The molecule has 1 unspecified atom stereocenters. The molecule has 146 valence electrons. The third-order valence-corrected chi connectivity index (χ3v) is 10.2. The molecule has 2 atom stereocenters. The first-order valence-electron chi connectivity index (χ1n) is 10.5. The second-order valence-electron chi connectivity index (χ2n) is 9.05. The third kappa shape index (κ3) is 10.9. The first-order chi connectivity index (χ1) is 11.1. The SMILES string of the molecule is CCCCCC[C@H](CCCCCC(O)CC)O[Si](C)(C)C(C)(C)C. The molecule has 0 aliphatic rings. The van der Waals surface area contributed by atoms with E-state index in [1.165, 1.54) is 51.4 Å². The second kappa shape index (κ2) is 12.5. The lowest BCUT2D eigenvalue weighted by Gasteiger charge is -2.39. The van der Waals surface area contributed by atoms with Crippen molar-refractivity contribution in [3.05, 3.63) is 0 Å². The number of hydrogen-bond donors (Lipinski definition) is 1. The van der Waals surface area contributed by atoms with E-state index in [0.29, 0.717) is 11.1 Å². The van der Waals surface area contributed by atoms with Crippen LogP contribution in [0.1, 0.15) is 105 Å². The third-order valence-electron chi connectivity index (χ3n) is 5.68. The Morgan fingerprint density at radius 1 is 0.833 bits per heavy atom. The average Bonchev–Trinajstić information content (AvgIpc) is 2.49. The van der Waals surface area contributed by atoms with Gasteiger partial charge in [-0.1, -0.05) is 79.6 Å². The van der Waals surface area contributed by atoms with Crippen LogP contribution >= 0.6 is 0 Å². The summed E-state index contributed by atoms with van der Waals surface area (Å²) in [4.78, 5) is 0. The number of aliphatic hydroxyl groups excluding tert-OH is 1. The molecule has 0 fully saturated rings. The minimum Gasteiger partial charge on any atom is -0.414 e. The van der Waals surface area contributed by atoms with Crippen molar-refractivity contribution in [2.45, 2.75) is 136 Å². The molecule has 0 bridgehead atoms. The molecule has 24 heavy (non-hydrogen) atoms. The molecular weight excluding hydrogens is 312 g/mol. The molecule has 1 N–H and O–H groups in total. The van der Waals surface area contributed by atoms with E-state index in [1.807, 2.05) is 0 Å². The van der Waals surface area contributed by atoms with Crippen molar-refractivity contribution in [2.24, 2.45) is 0 Å². The quantitative estimate of drug-likeness (QED) is 0.266. The van der Waals surface area contributed by atoms with E-state index in [4.69, 9.17) is 4.43 Å². The number of aliphatic hydroxyl groups is 1. The Labute approximate surface area is 153 Å². The molecule has 0 saturated carbocycles. The normalized spacial score (nSPS) is 15.5. The Hall–Kier alpha value is 0.137. The fraction of sp³-hybridized carbons (Fsp3) is 1.00. The highest BCUT2D eigenvalue weighted by molar-refractivity contribution is 6.74. The summed E-state index contributed by atoms with van der Waals surface area (Å²) in [5.74, 6) is 0. The van der Waals surface area contributed by atoms with E-state index in [0.717, 1.165) is 19.3 Å². The van der Waals surface area contributed by atoms with Gasteiger partial charge in [-0.05, 0) is 43.8 Å². The van der Waals surface area contributed by atoms with Gasteiger partial charge < -0.3 is 9.53 Å². The fourth-order valence-electron chi connectivity index (χ4n) is 2.79. The van der Waals surface area contributed by atoms with Gasteiger partial charge in [0, 0.05) is 6.10 Å². The van der Waals surface area contributed by atoms with E-state index in [2.05, 4.69) is 47.7 Å². The van der Waals surface area contributed by atoms with Gasteiger partial charge in [0.05, 0.1) is 6.10 Å². The Bertz CT molecular complexity index is 297. The van der Waals surface area contributed by atoms with Crippen LogP contribution < -0.4 is 0 Å². The van der Waals surface area contributed by atoms with Gasteiger partial charge in [0.25, 0.3) is 0 Å². The van der Waals surface area contributed by atoms with Gasteiger partial charge in [-0.15, -0.1) is 0 Å². The Kier molecular flexibility index (Phi) is 12.6. The summed E-state index contributed by atoms with van der Waals surface area (Å²) in [6, 6.07) is 0. The summed E-state index contributed by atoms with van der Waals surface area (Å²) in [5, 5.41) is 9.95. The average molecular weight is 359 g/mol. The van der Waals surface area contributed by atoms with Crippen molar-refractivity contribution >= 4 is 8.32 Å². The van der Waals surface area contributed by atoms with Crippen molar-refractivity contribution in [3.63, 3.8) is 0 Å². The van der Waals surface area contributed by atoms with E-state index in [1.54, 1.807) is 0 Å². The lowest BCUT2D eigenvalue weighted by molar-refractivity contribution is 0.147. The maximum absolute atomic E-state index is 9.66. The van der Waals surface area contributed by atoms with Crippen molar-refractivity contribution in [3.8, 4) is 0 Å². The largest absolute Gasteiger partial charge is 0.414 e. The molecule has 0 aromatic carbocycles. The molecule has 2 nitrogen and oxygen atoms in total. The first-order valence-corrected chi connectivity index (χ1v) is 13.4. The van der Waals surface area contributed by atoms with Crippen molar-refractivity contribution in [1.29, 1.82) is 0 Å². The zero-order valence-corrected chi connectivity index (χ0v) is 18.8. The molecule has 3 heteroatoms. The number of unbranched alkanes of at least 4 members (excludes halogenated alkanes) is 5. The Balaban J connectivity index is 4.32. The standard InChI is InChI=1S/C21H46O2Si/c1-8-10-11-14-17-20(23-24(6,7)21(3,4)5)18-15-12-13-16-19(22)9-2/h19-20,22H,8-18H2,1-7H3/t19?,20-/m1/s1. The smallest absolute Gasteiger partial charge is 0.192 e. The molecule has 0 aromatic rings.